The minimum atomic E-state index is -0.361. The molecule has 106 valence electrons. The number of aromatic nitrogens is 1. The number of anilines is 1. The van der Waals surface area contributed by atoms with E-state index in [1.54, 1.807) is 18.2 Å². The Morgan fingerprint density at radius 2 is 1.95 bits per heavy atom. The van der Waals surface area contributed by atoms with Crippen molar-refractivity contribution in [1.82, 2.24) is 5.16 Å². The molecule has 0 amide bonds. The maximum Gasteiger partial charge on any atom is 0.230 e. The lowest BCUT2D eigenvalue weighted by Crippen LogP contribution is -1.91. The maximum absolute atomic E-state index is 14.0. The van der Waals surface area contributed by atoms with Crippen LogP contribution in [0.4, 0.5) is 10.3 Å². The van der Waals surface area contributed by atoms with Gasteiger partial charge in [0.25, 0.3) is 0 Å². The summed E-state index contributed by atoms with van der Waals surface area (Å²) in [6.45, 7) is 1.99. The number of halogens is 2. The van der Waals surface area contributed by atoms with Gasteiger partial charge in [0.05, 0.1) is 5.56 Å². The van der Waals surface area contributed by atoms with Crippen LogP contribution in [0.2, 0.25) is 0 Å². The first kappa shape index (κ1) is 13.8. The standard InChI is InChI=1S/C16H12BrFN2O/c1-9-6-7-10(8-12(9)17)15-14(16(19)21-20-15)11-4-2-3-5-13(11)18/h2-8H,19H2,1H3. The highest BCUT2D eigenvalue weighted by Crippen LogP contribution is 2.38. The summed E-state index contributed by atoms with van der Waals surface area (Å²) in [6.07, 6.45) is 0. The van der Waals surface area contributed by atoms with Crippen LogP contribution in [-0.2, 0) is 0 Å². The Kier molecular flexibility index (Phi) is 3.51. The average molecular weight is 347 g/mol. The van der Waals surface area contributed by atoms with Crippen LogP contribution in [0, 0.1) is 12.7 Å². The summed E-state index contributed by atoms with van der Waals surface area (Å²) in [7, 11) is 0. The topological polar surface area (TPSA) is 52.0 Å². The van der Waals surface area contributed by atoms with Crippen LogP contribution in [-0.4, -0.2) is 5.16 Å². The van der Waals surface area contributed by atoms with Gasteiger partial charge in [-0.05, 0) is 24.6 Å². The summed E-state index contributed by atoms with van der Waals surface area (Å²) in [5, 5.41) is 3.99. The quantitative estimate of drug-likeness (QED) is 0.724. The molecule has 0 unspecified atom stereocenters. The Morgan fingerprint density at radius 3 is 2.67 bits per heavy atom. The van der Waals surface area contributed by atoms with Crippen LogP contribution in [0.5, 0.6) is 0 Å². The lowest BCUT2D eigenvalue weighted by Gasteiger charge is -2.05. The highest BCUT2D eigenvalue weighted by atomic mass is 79.9. The van der Waals surface area contributed by atoms with Gasteiger partial charge in [-0.1, -0.05) is 51.4 Å². The largest absolute Gasteiger partial charge is 0.367 e. The molecule has 0 atom stereocenters. The fourth-order valence-electron chi connectivity index (χ4n) is 2.16. The van der Waals surface area contributed by atoms with Gasteiger partial charge in [0.1, 0.15) is 11.5 Å². The summed E-state index contributed by atoms with van der Waals surface area (Å²) >= 11 is 3.48. The second kappa shape index (κ2) is 5.33. The minimum Gasteiger partial charge on any atom is -0.367 e. The fraction of sp³-hybridized carbons (Fsp3) is 0.0625. The highest BCUT2D eigenvalue weighted by molar-refractivity contribution is 9.10. The third-order valence-corrected chi connectivity index (χ3v) is 4.16. The van der Waals surface area contributed by atoms with Crippen molar-refractivity contribution in [2.75, 3.05) is 5.73 Å². The van der Waals surface area contributed by atoms with Gasteiger partial charge >= 0.3 is 0 Å². The van der Waals surface area contributed by atoms with Gasteiger partial charge in [-0.3, -0.25) is 0 Å². The van der Waals surface area contributed by atoms with E-state index in [0.717, 1.165) is 15.6 Å². The van der Waals surface area contributed by atoms with Crippen molar-refractivity contribution in [2.45, 2.75) is 6.92 Å². The van der Waals surface area contributed by atoms with Crippen molar-refractivity contribution in [3.63, 3.8) is 0 Å². The first-order chi connectivity index (χ1) is 10.1. The van der Waals surface area contributed by atoms with Crippen molar-refractivity contribution >= 4 is 21.8 Å². The molecular weight excluding hydrogens is 335 g/mol. The molecule has 0 aliphatic heterocycles. The molecule has 0 saturated carbocycles. The van der Waals surface area contributed by atoms with E-state index in [1.165, 1.54) is 6.07 Å². The zero-order chi connectivity index (χ0) is 15.0. The number of rotatable bonds is 2. The molecule has 0 aliphatic carbocycles. The van der Waals surface area contributed by atoms with E-state index in [-0.39, 0.29) is 11.7 Å². The number of benzene rings is 2. The maximum atomic E-state index is 14.0. The molecule has 0 fully saturated rings. The van der Waals surface area contributed by atoms with E-state index in [0.29, 0.717) is 16.8 Å². The van der Waals surface area contributed by atoms with Crippen LogP contribution in [0.1, 0.15) is 5.56 Å². The van der Waals surface area contributed by atoms with Crippen LogP contribution in [0.3, 0.4) is 0 Å². The van der Waals surface area contributed by atoms with Crippen LogP contribution in [0.25, 0.3) is 22.4 Å². The van der Waals surface area contributed by atoms with E-state index >= 15 is 0 Å². The summed E-state index contributed by atoms with van der Waals surface area (Å²) in [5.74, 6) is -0.258. The summed E-state index contributed by atoms with van der Waals surface area (Å²) in [6, 6.07) is 12.2. The normalized spacial score (nSPS) is 10.8. The number of nitrogen functional groups attached to an aromatic ring is 1. The second-order valence-electron chi connectivity index (χ2n) is 4.71. The summed E-state index contributed by atoms with van der Waals surface area (Å²) < 4.78 is 20.1. The highest BCUT2D eigenvalue weighted by Gasteiger charge is 2.20. The van der Waals surface area contributed by atoms with Crippen molar-refractivity contribution in [1.29, 1.82) is 0 Å². The van der Waals surface area contributed by atoms with Gasteiger partial charge in [-0.25, -0.2) is 4.39 Å². The molecule has 0 radical (unpaired) electrons. The van der Waals surface area contributed by atoms with Gasteiger partial charge in [0.15, 0.2) is 0 Å². The predicted octanol–water partition coefficient (Wildman–Crippen LogP) is 4.80. The van der Waals surface area contributed by atoms with Gasteiger partial charge in [0, 0.05) is 15.6 Å². The molecule has 2 N–H and O–H groups in total. The average Bonchev–Trinajstić information content (AvgIpc) is 2.84. The van der Waals surface area contributed by atoms with E-state index in [2.05, 4.69) is 21.1 Å². The fourth-order valence-corrected chi connectivity index (χ4v) is 2.54. The smallest absolute Gasteiger partial charge is 0.230 e. The molecule has 0 saturated heterocycles. The number of nitrogens with two attached hydrogens (primary N) is 1. The summed E-state index contributed by atoms with van der Waals surface area (Å²) in [4.78, 5) is 0. The lowest BCUT2D eigenvalue weighted by atomic mass is 10.00. The predicted molar refractivity (Wildman–Crippen MR) is 84.2 cm³/mol. The minimum absolute atomic E-state index is 0.104. The third kappa shape index (κ3) is 2.45. The Labute approximate surface area is 129 Å². The molecule has 21 heavy (non-hydrogen) atoms. The molecule has 1 aromatic heterocycles. The van der Waals surface area contributed by atoms with Crippen molar-refractivity contribution in [3.05, 3.63) is 58.3 Å². The van der Waals surface area contributed by atoms with Gasteiger partial charge in [-0.15, -0.1) is 0 Å². The Hall–Kier alpha value is -2.14. The second-order valence-corrected chi connectivity index (χ2v) is 5.57. The van der Waals surface area contributed by atoms with Crippen molar-refractivity contribution < 1.29 is 8.91 Å². The molecule has 3 nitrogen and oxygen atoms in total. The van der Waals surface area contributed by atoms with Crippen LogP contribution in [0.15, 0.2) is 51.5 Å². The van der Waals surface area contributed by atoms with Crippen molar-refractivity contribution in [2.24, 2.45) is 0 Å². The number of aryl methyl sites for hydroxylation is 1. The van der Waals surface area contributed by atoms with Crippen molar-refractivity contribution in [3.8, 4) is 22.4 Å². The Bertz CT molecular complexity index is 814. The monoisotopic (exact) mass is 346 g/mol. The molecule has 0 aliphatic rings. The van der Waals surface area contributed by atoms with Gasteiger partial charge in [-0.2, -0.15) is 0 Å². The zero-order valence-corrected chi connectivity index (χ0v) is 12.8. The van der Waals surface area contributed by atoms with Gasteiger partial charge in [0.2, 0.25) is 5.88 Å². The molecule has 5 heteroatoms. The van der Waals surface area contributed by atoms with E-state index in [4.69, 9.17) is 10.3 Å². The number of hydrogen-bond acceptors (Lipinski definition) is 3. The SMILES string of the molecule is Cc1ccc(-c2noc(N)c2-c2ccccc2F)cc1Br. The first-order valence-electron chi connectivity index (χ1n) is 6.34. The van der Waals surface area contributed by atoms with Crippen LogP contribution < -0.4 is 5.73 Å². The number of hydrogen-bond donors (Lipinski definition) is 1. The lowest BCUT2D eigenvalue weighted by molar-refractivity contribution is 0.439. The number of nitrogens with zero attached hydrogens (tertiary/aromatic N) is 1. The van der Waals surface area contributed by atoms with Crippen LogP contribution >= 0.6 is 15.9 Å². The summed E-state index contributed by atoms with van der Waals surface area (Å²) in [5.41, 5.74) is 9.13. The van der Waals surface area contributed by atoms with Gasteiger partial charge < -0.3 is 10.3 Å². The first-order valence-corrected chi connectivity index (χ1v) is 7.14. The molecule has 3 aromatic rings. The molecule has 0 bridgehead atoms. The van der Waals surface area contributed by atoms with E-state index < -0.39 is 0 Å². The van der Waals surface area contributed by atoms with E-state index in [9.17, 15) is 4.39 Å². The molecule has 2 aromatic carbocycles. The molecular formula is C16H12BrFN2O. The Morgan fingerprint density at radius 1 is 1.19 bits per heavy atom. The van der Waals surface area contributed by atoms with E-state index in [1.807, 2.05) is 25.1 Å². The third-order valence-electron chi connectivity index (χ3n) is 3.31. The molecule has 1 heterocycles. The Balaban J connectivity index is 2.22. The molecule has 3 rings (SSSR count). The zero-order valence-electron chi connectivity index (χ0n) is 11.2. The molecule has 0 spiro atoms.